The van der Waals surface area contributed by atoms with Crippen LogP contribution in [0.5, 0.6) is 5.75 Å². The summed E-state index contributed by atoms with van der Waals surface area (Å²) in [6, 6.07) is 34.5. The van der Waals surface area contributed by atoms with Crippen molar-refractivity contribution in [3.05, 3.63) is 155 Å². The Labute approximate surface area is 444 Å². The van der Waals surface area contributed by atoms with Crippen molar-refractivity contribution < 1.29 is 52.0 Å². The Morgan fingerprint density at radius 1 is 0.581 bits per heavy atom. The van der Waals surface area contributed by atoms with Crippen LogP contribution in [0.25, 0.3) is 77.0 Å². The second kappa shape index (κ2) is 20.9. The number of aromatic nitrogens is 3. The average Bonchev–Trinajstić information content (AvgIpc) is 3.48. The molecule has 0 fully saturated rings. The summed E-state index contributed by atoms with van der Waals surface area (Å²) < 4.78 is 14.0. The van der Waals surface area contributed by atoms with E-state index < -0.39 is 0 Å². The normalized spacial score (nSPS) is 13.2. The van der Waals surface area contributed by atoms with Crippen molar-refractivity contribution in [3.8, 4) is 51.5 Å². The van der Waals surface area contributed by atoms with E-state index in [0.717, 1.165) is 44.9 Å². The number of hydrogen-bond acceptors (Lipinski definition) is 8. The summed E-state index contributed by atoms with van der Waals surface area (Å²) >= 11 is 1.61. The van der Waals surface area contributed by atoms with Crippen LogP contribution in [-0.4, -0.2) is 75.8 Å². The van der Waals surface area contributed by atoms with Gasteiger partial charge in [0.05, 0.1) is 23.6 Å². The van der Waals surface area contributed by atoms with Crippen LogP contribution in [0.2, 0.25) is 0 Å². The third-order valence-electron chi connectivity index (χ3n) is 14.7. The Morgan fingerprint density at radius 2 is 1.16 bits per heavy atom. The molecule has 0 radical (unpaired) electrons. The van der Waals surface area contributed by atoms with Crippen LogP contribution in [-0.2, 0) is 30.6 Å². The number of nitrogens with zero attached hydrogens (tertiary/aromatic N) is 5. The third-order valence-corrected chi connectivity index (χ3v) is 14.7. The number of hydrogen-bond donors (Lipinski definition) is 0. The van der Waals surface area contributed by atoms with E-state index in [1.165, 1.54) is 9.80 Å². The summed E-state index contributed by atoms with van der Waals surface area (Å²) in [4.78, 5) is 71.2. The first-order valence-electron chi connectivity index (χ1n) is 24.9. The van der Waals surface area contributed by atoms with Crippen LogP contribution in [0.15, 0.2) is 122 Å². The molecule has 4 amide bonds. The van der Waals surface area contributed by atoms with E-state index in [1.807, 2.05) is 137 Å². The number of carbonyl (C=O) groups is 4. The van der Waals surface area contributed by atoms with Gasteiger partial charge in [0.15, 0.2) is 6.20 Å². The van der Waals surface area contributed by atoms with E-state index in [2.05, 4.69) is 32.3 Å². The molecule has 0 saturated heterocycles. The number of fused-ring (bicyclic) bond motifs is 2. The molecule has 373 valence electrons. The number of carbonyl (C=O) groups excluding carboxylic acids is 4. The second-order valence-electron chi connectivity index (χ2n) is 18.6. The topological polar surface area (TPSA) is 123 Å². The van der Waals surface area contributed by atoms with Crippen LogP contribution in [0, 0.1) is 11.8 Å². The van der Waals surface area contributed by atoms with Crippen molar-refractivity contribution in [3.63, 3.8) is 0 Å². The minimum atomic E-state index is -0.372. The number of pyridine rings is 3. The third kappa shape index (κ3) is 8.30. The maximum absolute atomic E-state index is 14.9. The van der Waals surface area contributed by atoms with E-state index in [1.54, 1.807) is 44.2 Å². The summed E-state index contributed by atoms with van der Waals surface area (Å²) in [5.41, 5.74) is 8.15. The number of methoxy groups -OCH3 is 1. The standard InChI is InChI=1S/C61H52N5O6.ClH.Pt/c1-7-39(8-2)65-58(67)43-26-24-42-55-51(72-30-29-71-6)34-46-54-44(59(68)66(61(46)70)40(9-3)10-4)25-23-41(57(54)55)52-37(31-45(60(65)69)53(43)56(42)52)22-19-35-17-20-36(21-18-35)38-32-48(47-15-11-13-27-62-47)63-49(33-38)50-16-12-14-28-64(50)5;;/h11-18,20-21,23-28,31-34,39-40H,7-10,29-30H2,1-6H3;1H;/q+1;;+1/p-1. The second-order valence-corrected chi connectivity index (χ2v) is 18.6. The summed E-state index contributed by atoms with van der Waals surface area (Å²) in [7, 11) is 8.21. The van der Waals surface area contributed by atoms with Crippen molar-refractivity contribution in [2.45, 2.75) is 65.5 Å². The molecule has 0 saturated carbocycles. The van der Waals surface area contributed by atoms with Gasteiger partial charge in [0.2, 0.25) is 5.69 Å². The average molecular weight is 1180 g/mol. The van der Waals surface area contributed by atoms with Crippen molar-refractivity contribution in [1.82, 2.24) is 19.8 Å². The molecule has 11 nitrogen and oxygen atoms in total. The van der Waals surface area contributed by atoms with E-state index >= 15 is 0 Å². The number of halogens is 1. The molecule has 2 aliphatic heterocycles. The summed E-state index contributed by atoms with van der Waals surface area (Å²) in [6.45, 7) is 8.43. The molecule has 11 rings (SSSR count). The van der Waals surface area contributed by atoms with Crippen molar-refractivity contribution in [2.24, 2.45) is 7.05 Å². The van der Waals surface area contributed by atoms with Gasteiger partial charge in [-0.3, -0.25) is 34.0 Å². The van der Waals surface area contributed by atoms with E-state index in [0.29, 0.717) is 104 Å². The number of aryl methyl sites for hydroxylation is 1. The predicted octanol–water partition coefficient (Wildman–Crippen LogP) is 12.0. The molecule has 0 unspecified atom stereocenters. The molecule has 0 aliphatic carbocycles. The summed E-state index contributed by atoms with van der Waals surface area (Å²) in [6.07, 6.45) is 6.21. The van der Waals surface area contributed by atoms with Gasteiger partial charge >= 0.3 is 28.2 Å². The van der Waals surface area contributed by atoms with Gasteiger partial charge in [-0.25, -0.2) is 4.98 Å². The van der Waals surface area contributed by atoms with Crippen LogP contribution < -0.4 is 9.30 Å². The van der Waals surface area contributed by atoms with E-state index in [9.17, 15) is 19.2 Å². The molecule has 13 heteroatoms. The Bertz CT molecular complexity index is 3790. The van der Waals surface area contributed by atoms with Gasteiger partial charge in [-0.1, -0.05) is 69.9 Å². The van der Waals surface area contributed by atoms with Gasteiger partial charge in [0.25, 0.3) is 23.6 Å². The molecule has 6 aromatic carbocycles. The molecule has 0 bridgehead atoms. The maximum atomic E-state index is 14.9. The fourth-order valence-electron chi connectivity index (χ4n) is 11.0. The quantitative estimate of drug-likeness (QED) is 0.0279. The number of benzene rings is 6. The monoisotopic (exact) mass is 1180 g/mol. The Balaban J connectivity index is 0.00000309. The van der Waals surface area contributed by atoms with Crippen molar-refractivity contribution >= 4 is 76.1 Å². The van der Waals surface area contributed by atoms with Gasteiger partial charge in [-0.2, -0.15) is 4.57 Å². The summed E-state index contributed by atoms with van der Waals surface area (Å²) in [5, 5.41) is 5.31. The number of ether oxygens (including phenoxy) is 2. The molecular weight excluding hydrogens is 1130 g/mol. The van der Waals surface area contributed by atoms with Gasteiger partial charge in [-0.05, 0) is 114 Å². The minimum absolute atomic E-state index is 0.192. The fourth-order valence-corrected chi connectivity index (χ4v) is 11.0. The molecule has 74 heavy (non-hydrogen) atoms. The predicted molar refractivity (Wildman–Crippen MR) is 286 cm³/mol. The zero-order valence-corrected chi connectivity index (χ0v) is 44.9. The number of amides is 4. The SMILES string of the molecule is CCC(CC)N1C(=O)c2ccc3c4c(OCCOC)cc5c6c(ccc(c7c(C#Cc8ccc(-c9cc(-c%10ccccn%10)nc(-c%10cccc[n+]%10C)c9)cc8)cc(c2c37)C1=O)c64)C(=O)N(C(CC)CC)C5=O.[Cl][Pt]. The van der Waals surface area contributed by atoms with Crippen molar-refractivity contribution in [2.75, 3.05) is 20.3 Å². The van der Waals surface area contributed by atoms with Crippen LogP contribution >= 0.6 is 9.42 Å². The zero-order chi connectivity index (χ0) is 51.9. The first-order valence-corrected chi connectivity index (χ1v) is 27.7. The Kier molecular flexibility index (Phi) is 14.2. The van der Waals surface area contributed by atoms with E-state index in [-0.39, 0.29) is 42.3 Å². The van der Waals surface area contributed by atoms with Crippen molar-refractivity contribution in [1.29, 1.82) is 0 Å². The van der Waals surface area contributed by atoms with Gasteiger partial charge in [-0.15, -0.1) is 0 Å². The fraction of sp³-hybridized carbons (Fsp3) is 0.230. The summed E-state index contributed by atoms with van der Waals surface area (Å²) in [5.74, 6) is 5.97. The zero-order valence-electron chi connectivity index (χ0n) is 41.8. The Hall–Kier alpha value is -7.35. The van der Waals surface area contributed by atoms with Gasteiger partial charge in [0, 0.05) is 97.7 Å². The van der Waals surface area contributed by atoms with Gasteiger partial charge < -0.3 is 9.47 Å². The van der Waals surface area contributed by atoms with Crippen LogP contribution in [0.1, 0.15) is 106 Å². The van der Waals surface area contributed by atoms with Crippen LogP contribution in [0.3, 0.4) is 0 Å². The first-order chi connectivity index (χ1) is 36.1. The molecular formula is C61H52ClN5O6Pt+. The number of imide groups is 2. The first kappa shape index (κ1) is 50.2. The molecule has 5 heterocycles. The van der Waals surface area contributed by atoms with E-state index in [4.69, 9.17) is 14.5 Å². The van der Waals surface area contributed by atoms with Gasteiger partial charge in [0.1, 0.15) is 25.1 Å². The van der Waals surface area contributed by atoms with Crippen LogP contribution in [0.4, 0.5) is 0 Å². The molecule has 0 spiro atoms. The molecule has 2 aliphatic rings. The molecule has 0 N–H and O–H groups in total. The number of rotatable bonds is 13. The Morgan fingerprint density at radius 3 is 1.76 bits per heavy atom. The molecule has 3 aromatic heterocycles. The molecule has 0 atom stereocenters. The molecule has 9 aromatic rings.